The van der Waals surface area contributed by atoms with Gasteiger partial charge in [0.15, 0.2) is 0 Å². The van der Waals surface area contributed by atoms with Gasteiger partial charge in [-0.1, -0.05) is 43.0 Å². The molecule has 3 N–H and O–H groups in total. The molecule has 118 valence electrons. The Labute approximate surface area is 129 Å². The highest BCUT2D eigenvalue weighted by molar-refractivity contribution is 5.31. The van der Waals surface area contributed by atoms with Gasteiger partial charge in [-0.2, -0.15) is 0 Å². The van der Waals surface area contributed by atoms with Crippen LogP contribution in [-0.4, -0.2) is 18.2 Å². The number of nitrogens with one attached hydrogen (secondary N) is 1. The number of benzene rings is 1. The molecule has 1 fully saturated rings. The number of hydrazine groups is 1. The van der Waals surface area contributed by atoms with E-state index in [-0.39, 0.29) is 11.6 Å². The van der Waals surface area contributed by atoms with Gasteiger partial charge < -0.3 is 4.74 Å². The Kier molecular flexibility index (Phi) is 5.80. The minimum atomic E-state index is -0.0993. The molecule has 0 aliphatic heterocycles. The lowest BCUT2D eigenvalue weighted by molar-refractivity contribution is -0.0898. The van der Waals surface area contributed by atoms with Gasteiger partial charge in [0.1, 0.15) is 0 Å². The van der Waals surface area contributed by atoms with E-state index in [1.54, 1.807) is 0 Å². The van der Waals surface area contributed by atoms with Crippen LogP contribution in [0.1, 0.15) is 55.7 Å². The SMILES string of the molecule is CCOC1(C(Cc2cc(C)ccc2C)NN)CCCCC1. The molecule has 1 saturated carbocycles. The smallest absolute Gasteiger partial charge is 0.0851 e. The van der Waals surface area contributed by atoms with Gasteiger partial charge in [0, 0.05) is 6.61 Å². The summed E-state index contributed by atoms with van der Waals surface area (Å²) in [5.41, 5.74) is 6.99. The maximum Gasteiger partial charge on any atom is 0.0851 e. The topological polar surface area (TPSA) is 47.3 Å². The lowest BCUT2D eigenvalue weighted by Gasteiger charge is -2.43. The number of aryl methyl sites for hydroxylation is 2. The molecule has 1 aromatic carbocycles. The largest absolute Gasteiger partial charge is 0.374 e. The lowest BCUT2D eigenvalue weighted by Crippen LogP contribution is -2.57. The molecule has 0 spiro atoms. The van der Waals surface area contributed by atoms with Gasteiger partial charge in [0.05, 0.1) is 11.6 Å². The van der Waals surface area contributed by atoms with E-state index in [2.05, 4.69) is 44.4 Å². The van der Waals surface area contributed by atoms with Crippen LogP contribution in [-0.2, 0) is 11.2 Å². The van der Waals surface area contributed by atoms with Crippen LogP contribution in [0.2, 0.25) is 0 Å². The number of rotatable bonds is 6. The van der Waals surface area contributed by atoms with Crippen LogP contribution in [0.4, 0.5) is 0 Å². The van der Waals surface area contributed by atoms with Gasteiger partial charge in [-0.3, -0.25) is 11.3 Å². The number of hydrogen-bond acceptors (Lipinski definition) is 3. The van der Waals surface area contributed by atoms with Crippen LogP contribution in [0.5, 0.6) is 0 Å². The van der Waals surface area contributed by atoms with Crippen LogP contribution < -0.4 is 11.3 Å². The van der Waals surface area contributed by atoms with Gasteiger partial charge in [0.25, 0.3) is 0 Å². The van der Waals surface area contributed by atoms with E-state index in [4.69, 9.17) is 10.6 Å². The Morgan fingerprint density at radius 3 is 2.57 bits per heavy atom. The predicted octanol–water partition coefficient (Wildman–Crippen LogP) is 3.42. The third kappa shape index (κ3) is 3.85. The van der Waals surface area contributed by atoms with Crippen molar-refractivity contribution < 1.29 is 4.74 Å². The molecule has 2 rings (SSSR count). The molecule has 1 unspecified atom stereocenters. The second kappa shape index (κ2) is 7.39. The fourth-order valence-electron chi connectivity index (χ4n) is 3.67. The second-order valence-electron chi connectivity index (χ2n) is 6.41. The fourth-order valence-corrected chi connectivity index (χ4v) is 3.67. The molecule has 1 atom stereocenters. The summed E-state index contributed by atoms with van der Waals surface area (Å²) in [6.07, 6.45) is 6.96. The van der Waals surface area contributed by atoms with Crippen molar-refractivity contribution in [2.45, 2.75) is 70.9 Å². The van der Waals surface area contributed by atoms with Crippen LogP contribution in [0.3, 0.4) is 0 Å². The predicted molar refractivity (Wildman–Crippen MR) is 88.2 cm³/mol. The highest BCUT2D eigenvalue weighted by Gasteiger charge is 2.40. The summed E-state index contributed by atoms with van der Waals surface area (Å²) in [6, 6.07) is 6.83. The van der Waals surface area contributed by atoms with Crippen LogP contribution in [0.25, 0.3) is 0 Å². The highest BCUT2D eigenvalue weighted by Crippen LogP contribution is 2.36. The highest BCUT2D eigenvalue weighted by atomic mass is 16.5. The Bertz CT molecular complexity index is 447. The van der Waals surface area contributed by atoms with E-state index in [0.29, 0.717) is 0 Å². The Hall–Kier alpha value is -0.900. The summed E-state index contributed by atoms with van der Waals surface area (Å²) < 4.78 is 6.22. The van der Waals surface area contributed by atoms with Gasteiger partial charge in [-0.05, 0) is 51.2 Å². The molecule has 3 heteroatoms. The van der Waals surface area contributed by atoms with E-state index >= 15 is 0 Å². The average molecular weight is 290 g/mol. The van der Waals surface area contributed by atoms with Crippen LogP contribution in [0, 0.1) is 13.8 Å². The third-order valence-corrected chi connectivity index (χ3v) is 4.90. The van der Waals surface area contributed by atoms with Crippen molar-refractivity contribution in [1.29, 1.82) is 0 Å². The molecule has 0 radical (unpaired) electrons. The number of hydrogen-bond donors (Lipinski definition) is 2. The van der Waals surface area contributed by atoms with Gasteiger partial charge in [-0.15, -0.1) is 0 Å². The Balaban J connectivity index is 2.22. The van der Waals surface area contributed by atoms with E-state index in [1.807, 2.05) is 0 Å². The van der Waals surface area contributed by atoms with Crippen molar-refractivity contribution in [3.05, 3.63) is 34.9 Å². The summed E-state index contributed by atoms with van der Waals surface area (Å²) in [5.74, 6) is 5.93. The van der Waals surface area contributed by atoms with Gasteiger partial charge in [-0.25, -0.2) is 0 Å². The summed E-state index contributed by atoms with van der Waals surface area (Å²) >= 11 is 0. The van der Waals surface area contributed by atoms with Crippen molar-refractivity contribution in [3.8, 4) is 0 Å². The molecule has 0 amide bonds. The molecular formula is C18H30N2O. The zero-order chi connectivity index (χ0) is 15.3. The molecular weight excluding hydrogens is 260 g/mol. The zero-order valence-electron chi connectivity index (χ0n) is 13.7. The third-order valence-electron chi connectivity index (χ3n) is 4.90. The first-order valence-electron chi connectivity index (χ1n) is 8.27. The van der Waals surface area contributed by atoms with E-state index in [1.165, 1.54) is 36.0 Å². The number of ether oxygens (including phenoxy) is 1. The average Bonchev–Trinajstić information content (AvgIpc) is 2.49. The van der Waals surface area contributed by atoms with E-state index < -0.39 is 0 Å². The van der Waals surface area contributed by atoms with E-state index in [9.17, 15) is 0 Å². The molecule has 21 heavy (non-hydrogen) atoms. The fraction of sp³-hybridized carbons (Fsp3) is 0.667. The first kappa shape index (κ1) is 16.5. The summed E-state index contributed by atoms with van der Waals surface area (Å²) in [6.45, 7) is 7.16. The normalized spacial score (nSPS) is 19.4. The summed E-state index contributed by atoms with van der Waals surface area (Å²) in [7, 11) is 0. The van der Waals surface area contributed by atoms with Crippen LogP contribution >= 0.6 is 0 Å². The Morgan fingerprint density at radius 2 is 1.95 bits per heavy atom. The summed E-state index contributed by atoms with van der Waals surface area (Å²) in [4.78, 5) is 0. The standard InChI is InChI=1S/C18H30N2O/c1-4-21-18(10-6-5-7-11-18)17(20-19)13-16-12-14(2)8-9-15(16)3/h8-9,12,17,20H,4-7,10-11,13,19H2,1-3H3. The van der Waals surface area contributed by atoms with Crippen molar-refractivity contribution in [3.63, 3.8) is 0 Å². The zero-order valence-corrected chi connectivity index (χ0v) is 13.7. The minimum absolute atomic E-state index is 0.0993. The maximum absolute atomic E-state index is 6.22. The van der Waals surface area contributed by atoms with E-state index in [0.717, 1.165) is 25.9 Å². The lowest BCUT2D eigenvalue weighted by atomic mass is 9.77. The quantitative estimate of drug-likeness (QED) is 0.623. The van der Waals surface area contributed by atoms with Crippen molar-refractivity contribution in [1.82, 2.24) is 5.43 Å². The first-order valence-corrected chi connectivity index (χ1v) is 8.27. The van der Waals surface area contributed by atoms with Crippen molar-refractivity contribution >= 4 is 0 Å². The number of nitrogens with two attached hydrogens (primary N) is 1. The molecule has 1 aliphatic carbocycles. The molecule has 3 nitrogen and oxygen atoms in total. The molecule has 0 aromatic heterocycles. The molecule has 0 bridgehead atoms. The molecule has 1 aromatic rings. The van der Waals surface area contributed by atoms with Crippen LogP contribution in [0.15, 0.2) is 18.2 Å². The second-order valence-corrected chi connectivity index (χ2v) is 6.41. The first-order chi connectivity index (χ1) is 10.1. The van der Waals surface area contributed by atoms with Gasteiger partial charge >= 0.3 is 0 Å². The summed E-state index contributed by atoms with van der Waals surface area (Å²) in [5, 5.41) is 0. The minimum Gasteiger partial charge on any atom is -0.374 e. The van der Waals surface area contributed by atoms with Crippen molar-refractivity contribution in [2.75, 3.05) is 6.61 Å². The molecule has 0 heterocycles. The monoisotopic (exact) mass is 290 g/mol. The van der Waals surface area contributed by atoms with Gasteiger partial charge in [0.2, 0.25) is 0 Å². The molecule has 1 aliphatic rings. The maximum atomic E-state index is 6.22. The Morgan fingerprint density at radius 1 is 1.24 bits per heavy atom. The molecule has 0 saturated heterocycles. The van der Waals surface area contributed by atoms with Crippen molar-refractivity contribution in [2.24, 2.45) is 5.84 Å².